The van der Waals surface area contributed by atoms with Gasteiger partial charge in [-0.05, 0) is 6.08 Å². The Balaban J connectivity index is 0. The molecule has 0 spiro atoms. The van der Waals surface area contributed by atoms with Crippen molar-refractivity contribution in [2.75, 3.05) is 0 Å². The van der Waals surface area contributed by atoms with Crippen LogP contribution in [0.25, 0.3) is 0 Å². The average molecular weight is 277 g/mol. The normalized spacial score (nSPS) is 7.06. The minimum absolute atomic E-state index is 0. The zero-order valence-electron chi connectivity index (χ0n) is 8.70. The van der Waals surface area contributed by atoms with Gasteiger partial charge in [0, 0.05) is 17.1 Å². The first kappa shape index (κ1) is 17.3. The molecule has 0 amide bonds. The van der Waals surface area contributed by atoms with Crippen LogP contribution in [0.15, 0.2) is 67.3 Å². The fraction of sp³-hybridized carbons (Fsp3) is 0. The first-order chi connectivity index (χ1) is 7.31. The predicted molar refractivity (Wildman–Crippen MR) is 65.3 cm³/mol. The minimum atomic E-state index is 0. The van der Waals surface area contributed by atoms with Gasteiger partial charge in [0.1, 0.15) is 6.29 Å². The van der Waals surface area contributed by atoms with Crippen LogP contribution in [-0.4, -0.2) is 6.29 Å². The molecule has 0 bridgehead atoms. The summed E-state index contributed by atoms with van der Waals surface area (Å²) in [5, 5.41) is 0.815. The maximum Gasteiger partial charge on any atom is 0.142 e. The second-order valence-corrected chi connectivity index (χ2v) is 2.87. The number of aldehydes is 1. The van der Waals surface area contributed by atoms with E-state index in [0.29, 0.717) is 6.29 Å². The summed E-state index contributed by atoms with van der Waals surface area (Å²) < 4.78 is 0. The summed E-state index contributed by atoms with van der Waals surface area (Å²) in [4.78, 5) is 9.06. The molecule has 3 heteroatoms. The largest absolute Gasteiger partial charge is 0.748 e. The maximum absolute atomic E-state index is 9.06. The van der Waals surface area contributed by atoms with Crippen molar-refractivity contribution in [1.82, 2.24) is 0 Å². The number of allylic oxidation sites excluding steroid dienone is 1. The molecule has 0 radical (unpaired) electrons. The molecule has 0 aliphatic heterocycles. The molecule has 0 unspecified atom stereocenters. The minimum Gasteiger partial charge on any atom is -0.748 e. The van der Waals surface area contributed by atoms with E-state index in [2.05, 4.69) is 6.58 Å². The van der Waals surface area contributed by atoms with E-state index in [9.17, 15) is 0 Å². The molecule has 16 heavy (non-hydrogen) atoms. The monoisotopic (exact) mass is 276 g/mol. The Morgan fingerprint density at radius 2 is 1.38 bits per heavy atom. The Labute approximate surface area is 112 Å². The number of rotatable bonds is 1. The van der Waals surface area contributed by atoms with Gasteiger partial charge >= 0.3 is 0 Å². The number of hydrogen-bond acceptors (Lipinski definition) is 1. The summed E-state index contributed by atoms with van der Waals surface area (Å²) in [6.45, 7) is 3.11. The van der Waals surface area contributed by atoms with Crippen molar-refractivity contribution >= 4 is 17.9 Å². The van der Waals surface area contributed by atoms with Gasteiger partial charge in [0.25, 0.3) is 0 Å². The maximum atomic E-state index is 9.06. The number of halogens is 1. The van der Waals surface area contributed by atoms with Gasteiger partial charge in [0.2, 0.25) is 0 Å². The first-order valence-corrected chi connectivity index (χ1v) is 4.79. The smallest absolute Gasteiger partial charge is 0.142 e. The van der Waals surface area contributed by atoms with E-state index >= 15 is 0 Å². The van der Waals surface area contributed by atoms with Crippen LogP contribution in [-0.2, 0) is 21.9 Å². The molecule has 2 aromatic carbocycles. The molecule has 0 aromatic heterocycles. The van der Waals surface area contributed by atoms with E-state index < -0.39 is 0 Å². The number of hydrogen-bond donors (Lipinski definition) is 0. The Morgan fingerprint density at radius 3 is 1.50 bits per heavy atom. The van der Waals surface area contributed by atoms with Gasteiger partial charge in [0.05, 0.1) is 0 Å². The molecule has 92 valence electrons. The van der Waals surface area contributed by atoms with Crippen LogP contribution in [0.1, 0.15) is 0 Å². The quantitative estimate of drug-likeness (QED) is 0.335. The third-order valence-electron chi connectivity index (χ3n) is 1.27. The van der Waals surface area contributed by atoms with Gasteiger partial charge in [0.15, 0.2) is 0 Å². The predicted octanol–water partition coefficient (Wildman–Crippen LogP) is 3.83. The zero-order valence-corrected chi connectivity index (χ0v) is 10.6. The molecular formula is C13H13ClFeO-6. The Morgan fingerprint density at radius 1 is 1.06 bits per heavy atom. The average Bonchev–Trinajstić information content (AvgIpc) is 2.92. The number of carbonyl (C=O) groups excluding carboxylic acids is 1. The SMILES string of the molecule is C=CC=O.Cl[c-]1cccc1.[Fe].[cH-]1[cH-][cH-][cH-][cH-]1. The van der Waals surface area contributed by atoms with Crippen molar-refractivity contribution < 1.29 is 21.9 Å². The molecule has 0 saturated carbocycles. The van der Waals surface area contributed by atoms with Crippen LogP contribution in [0, 0.1) is 0 Å². The van der Waals surface area contributed by atoms with Gasteiger partial charge in [-0.25, -0.2) is 12.1 Å². The summed E-state index contributed by atoms with van der Waals surface area (Å²) >= 11 is 5.46. The number of carbonyl (C=O) groups is 1. The van der Waals surface area contributed by atoms with E-state index in [1.165, 1.54) is 6.08 Å². The molecule has 0 heterocycles. The Bertz CT molecular complexity index is 301. The molecule has 0 atom stereocenters. The van der Waals surface area contributed by atoms with Crippen molar-refractivity contribution in [1.29, 1.82) is 0 Å². The van der Waals surface area contributed by atoms with Crippen LogP contribution in [0.2, 0.25) is 5.02 Å². The molecule has 0 aliphatic carbocycles. The van der Waals surface area contributed by atoms with Crippen molar-refractivity contribution in [3.63, 3.8) is 0 Å². The summed E-state index contributed by atoms with van der Waals surface area (Å²) in [5.41, 5.74) is 0. The zero-order chi connectivity index (χ0) is 11.4. The third-order valence-corrected chi connectivity index (χ3v) is 1.53. The topological polar surface area (TPSA) is 17.1 Å². The molecule has 2 aromatic rings. The standard InChI is InChI=1S/C5H4Cl.C5H5.C3H4O.Fe/c6-5-3-1-2-4-5;1-2-4-5-3-1;1-2-3-4;/h1-4H;1-5H;2-3H,1H2;/q-1;-5;;. The molecule has 0 saturated heterocycles. The van der Waals surface area contributed by atoms with Crippen LogP contribution in [0.4, 0.5) is 0 Å². The molecule has 2 rings (SSSR count). The van der Waals surface area contributed by atoms with Crippen LogP contribution in [0.3, 0.4) is 0 Å². The van der Waals surface area contributed by atoms with Crippen molar-refractivity contribution in [3.8, 4) is 0 Å². The van der Waals surface area contributed by atoms with E-state index in [4.69, 9.17) is 16.4 Å². The second-order valence-electron chi connectivity index (χ2n) is 2.44. The third kappa shape index (κ3) is 12.9. The fourth-order valence-electron chi connectivity index (χ4n) is 0.671. The summed E-state index contributed by atoms with van der Waals surface area (Å²) in [6, 6.07) is 17.5. The van der Waals surface area contributed by atoms with Crippen LogP contribution >= 0.6 is 11.6 Å². The Hall–Kier alpha value is -1.08. The molecule has 0 N–H and O–H groups in total. The molecular weight excluding hydrogens is 263 g/mol. The van der Waals surface area contributed by atoms with E-state index in [0.717, 1.165) is 5.02 Å². The van der Waals surface area contributed by atoms with Crippen molar-refractivity contribution in [2.24, 2.45) is 0 Å². The Kier molecular flexibility index (Phi) is 15.1. The van der Waals surface area contributed by atoms with Crippen LogP contribution in [0.5, 0.6) is 0 Å². The van der Waals surface area contributed by atoms with Gasteiger partial charge in [-0.2, -0.15) is 23.7 Å². The van der Waals surface area contributed by atoms with E-state index in [1.807, 2.05) is 54.6 Å². The van der Waals surface area contributed by atoms with Gasteiger partial charge < -0.3 is 30.3 Å². The summed E-state index contributed by atoms with van der Waals surface area (Å²) in [7, 11) is 0. The van der Waals surface area contributed by atoms with Crippen LogP contribution < -0.4 is 0 Å². The summed E-state index contributed by atoms with van der Waals surface area (Å²) in [6.07, 6.45) is 1.83. The van der Waals surface area contributed by atoms with E-state index in [-0.39, 0.29) is 17.1 Å². The van der Waals surface area contributed by atoms with Gasteiger partial charge in [-0.3, -0.25) is 4.79 Å². The van der Waals surface area contributed by atoms with E-state index in [1.54, 1.807) is 0 Å². The van der Waals surface area contributed by atoms with Gasteiger partial charge in [-0.1, -0.05) is 11.6 Å². The molecule has 0 fully saturated rings. The van der Waals surface area contributed by atoms with Gasteiger partial charge in [-0.15, -0.1) is 0 Å². The van der Waals surface area contributed by atoms with Crippen molar-refractivity contribution in [3.05, 3.63) is 72.3 Å². The summed E-state index contributed by atoms with van der Waals surface area (Å²) in [5.74, 6) is 0. The second kappa shape index (κ2) is 13.9. The van der Waals surface area contributed by atoms with Crippen molar-refractivity contribution in [2.45, 2.75) is 0 Å². The molecule has 1 nitrogen and oxygen atoms in total. The molecule has 0 aliphatic rings. The fourth-order valence-corrected chi connectivity index (χ4v) is 0.817. The first-order valence-electron chi connectivity index (χ1n) is 4.41.